The molecule has 0 saturated carbocycles. The van der Waals surface area contributed by atoms with Gasteiger partial charge in [0.2, 0.25) is 0 Å². The number of fused-ring (bicyclic) bond motifs is 2. The minimum absolute atomic E-state index is 0.0932. The number of nitrogens with zero attached hydrogens (tertiary/aromatic N) is 3. The van der Waals surface area contributed by atoms with Crippen molar-refractivity contribution in [1.82, 2.24) is 25.2 Å². The number of amides is 2. The van der Waals surface area contributed by atoms with E-state index < -0.39 is 17.8 Å². The van der Waals surface area contributed by atoms with Crippen LogP contribution in [-0.4, -0.2) is 37.5 Å². The number of aromatic nitrogens is 3. The van der Waals surface area contributed by atoms with Crippen molar-refractivity contribution in [1.29, 1.82) is 0 Å². The van der Waals surface area contributed by atoms with Crippen molar-refractivity contribution in [3.63, 3.8) is 0 Å². The molecule has 0 aliphatic heterocycles. The highest BCUT2D eigenvalue weighted by molar-refractivity contribution is 7.12. The predicted octanol–water partition coefficient (Wildman–Crippen LogP) is 3.13. The van der Waals surface area contributed by atoms with Crippen LogP contribution in [0, 0.1) is 19.3 Å². The summed E-state index contributed by atoms with van der Waals surface area (Å²) in [7, 11) is 0. The Hall–Kier alpha value is -4.49. The minimum atomic E-state index is -0.970. The summed E-state index contributed by atoms with van der Waals surface area (Å²) in [6.07, 6.45) is 8.22. The molecule has 1 atom stereocenters. The van der Waals surface area contributed by atoms with E-state index in [1.807, 2.05) is 12.1 Å². The fraction of sp³-hybridized carbons (Fsp3) is 0.192. The van der Waals surface area contributed by atoms with Gasteiger partial charge in [0.25, 0.3) is 11.8 Å². The normalized spacial score (nSPS) is 14.3. The van der Waals surface area contributed by atoms with E-state index in [2.05, 4.69) is 26.6 Å². The SMILES string of the molecule is C#Cc1ccc(CNC(=O)c2cc(C(=O)N[C@H]3CCc4c3ccc(C(=O)O)c4C)n3nccc3n2)s1. The minimum Gasteiger partial charge on any atom is -0.478 e. The maximum absolute atomic E-state index is 13.3. The van der Waals surface area contributed by atoms with Crippen molar-refractivity contribution in [2.45, 2.75) is 32.4 Å². The number of rotatable bonds is 6. The lowest BCUT2D eigenvalue weighted by molar-refractivity contribution is 0.0695. The Kier molecular flexibility index (Phi) is 6.00. The number of carbonyl (C=O) groups is 3. The molecule has 0 unspecified atom stereocenters. The molecule has 2 amide bonds. The largest absolute Gasteiger partial charge is 0.478 e. The molecule has 5 rings (SSSR count). The number of thiophene rings is 1. The average Bonchev–Trinajstić information content (AvgIpc) is 3.61. The Morgan fingerprint density at radius 3 is 2.81 bits per heavy atom. The number of benzene rings is 1. The van der Waals surface area contributed by atoms with E-state index in [0.29, 0.717) is 24.1 Å². The van der Waals surface area contributed by atoms with Crippen LogP contribution in [0.5, 0.6) is 0 Å². The quantitative estimate of drug-likeness (QED) is 0.350. The Morgan fingerprint density at radius 1 is 1.22 bits per heavy atom. The van der Waals surface area contributed by atoms with E-state index in [1.54, 1.807) is 25.1 Å². The average molecular weight is 500 g/mol. The van der Waals surface area contributed by atoms with Crippen molar-refractivity contribution in [2.24, 2.45) is 0 Å². The zero-order valence-corrected chi connectivity index (χ0v) is 20.1. The first-order valence-electron chi connectivity index (χ1n) is 11.2. The van der Waals surface area contributed by atoms with E-state index in [0.717, 1.165) is 20.9 Å². The number of terminal acetylenes is 1. The third-order valence-electron chi connectivity index (χ3n) is 6.28. The fourth-order valence-corrected chi connectivity index (χ4v) is 5.25. The first kappa shape index (κ1) is 23.3. The molecule has 3 N–H and O–H groups in total. The Balaban J connectivity index is 1.38. The van der Waals surface area contributed by atoms with Crippen LogP contribution in [0.3, 0.4) is 0 Å². The van der Waals surface area contributed by atoms with Crippen molar-refractivity contribution in [2.75, 3.05) is 0 Å². The molecular formula is C26H21N5O4S. The van der Waals surface area contributed by atoms with Crippen LogP contribution >= 0.6 is 11.3 Å². The van der Waals surface area contributed by atoms with E-state index in [9.17, 15) is 19.5 Å². The lowest BCUT2D eigenvalue weighted by Crippen LogP contribution is -2.30. The Bertz CT molecular complexity index is 1580. The zero-order chi connectivity index (χ0) is 25.4. The van der Waals surface area contributed by atoms with Crippen LogP contribution in [-0.2, 0) is 13.0 Å². The summed E-state index contributed by atoms with van der Waals surface area (Å²) >= 11 is 1.42. The van der Waals surface area contributed by atoms with Gasteiger partial charge in [-0.1, -0.05) is 12.0 Å². The maximum atomic E-state index is 13.3. The Morgan fingerprint density at radius 2 is 2.06 bits per heavy atom. The van der Waals surface area contributed by atoms with Gasteiger partial charge in [-0.15, -0.1) is 17.8 Å². The van der Waals surface area contributed by atoms with E-state index in [1.165, 1.54) is 28.1 Å². The molecule has 4 aromatic rings. The molecule has 180 valence electrons. The van der Waals surface area contributed by atoms with Crippen LogP contribution in [0.25, 0.3) is 5.65 Å². The van der Waals surface area contributed by atoms with Gasteiger partial charge >= 0.3 is 5.97 Å². The molecule has 1 aliphatic carbocycles. The summed E-state index contributed by atoms with van der Waals surface area (Å²) in [5.41, 5.74) is 3.46. The van der Waals surface area contributed by atoms with Crippen molar-refractivity contribution < 1.29 is 19.5 Å². The first-order chi connectivity index (χ1) is 17.4. The van der Waals surface area contributed by atoms with Crippen LogP contribution in [0.4, 0.5) is 0 Å². The fourth-order valence-electron chi connectivity index (χ4n) is 4.49. The number of carbonyl (C=O) groups excluding carboxylic acids is 2. The predicted molar refractivity (Wildman–Crippen MR) is 133 cm³/mol. The van der Waals surface area contributed by atoms with Gasteiger partial charge in [-0.3, -0.25) is 9.59 Å². The summed E-state index contributed by atoms with van der Waals surface area (Å²) in [6, 6.07) is 9.75. The highest BCUT2D eigenvalue weighted by Crippen LogP contribution is 2.35. The molecule has 0 saturated heterocycles. The van der Waals surface area contributed by atoms with Crippen molar-refractivity contribution in [3.8, 4) is 12.3 Å². The number of nitrogens with one attached hydrogen (secondary N) is 2. The van der Waals surface area contributed by atoms with E-state index in [4.69, 9.17) is 6.42 Å². The maximum Gasteiger partial charge on any atom is 0.335 e. The molecule has 0 radical (unpaired) electrons. The summed E-state index contributed by atoms with van der Waals surface area (Å²) in [5.74, 6) is 0.761. The molecule has 1 aliphatic rings. The monoisotopic (exact) mass is 499 g/mol. The highest BCUT2D eigenvalue weighted by atomic mass is 32.1. The Labute approximate surface area is 210 Å². The first-order valence-corrected chi connectivity index (χ1v) is 12.0. The summed E-state index contributed by atoms with van der Waals surface area (Å²) in [6.45, 7) is 2.08. The summed E-state index contributed by atoms with van der Waals surface area (Å²) in [4.78, 5) is 43.7. The molecule has 9 nitrogen and oxygen atoms in total. The molecule has 0 bridgehead atoms. The number of hydrogen-bond donors (Lipinski definition) is 3. The third-order valence-corrected chi connectivity index (χ3v) is 7.30. The number of hydrogen-bond acceptors (Lipinski definition) is 6. The van der Waals surface area contributed by atoms with Gasteiger partial charge < -0.3 is 15.7 Å². The number of carboxylic acids is 1. The molecule has 3 aromatic heterocycles. The van der Waals surface area contributed by atoms with Gasteiger partial charge in [-0.2, -0.15) is 5.10 Å². The summed E-state index contributed by atoms with van der Waals surface area (Å²) < 4.78 is 1.39. The molecule has 3 heterocycles. The van der Waals surface area contributed by atoms with Crippen molar-refractivity contribution in [3.05, 3.63) is 86.0 Å². The molecule has 0 fully saturated rings. The van der Waals surface area contributed by atoms with Gasteiger partial charge in [0.15, 0.2) is 5.65 Å². The third kappa shape index (κ3) is 4.21. The molecule has 10 heteroatoms. The number of carboxylic acid groups (broad SMARTS) is 1. The highest BCUT2D eigenvalue weighted by Gasteiger charge is 2.28. The summed E-state index contributed by atoms with van der Waals surface area (Å²) in [5, 5.41) is 19.4. The lowest BCUT2D eigenvalue weighted by atomic mass is 9.98. The van der Waals surface area contributed by atoms with Gasteiger partial charge in [-0.25, -0.2) is 14.3 Å². The van der Waals surface area contributed by atoms with Crippen molar-refractivity contribution >= 4 is 34.8 Å². The molecule has 36 heavy (non-hydrogen) atoms. The van der Waals surface area contributed by atoms with Crippen LogP contribution in [0.1, 0.15) is 70.2 Å². The molecule has 0 spiro atoms. The van der Waals surface area contributed by atoms with Gasteiger partial charge in [0.05, 0.1) is 29.2 Å². The van der Waals surface area contributed by atoms with Gasteiger partial charge in [-0.05, 0) is 54.7 Å². The lowest BCUT2D eigenvalue weighted by Gasteiger charge is -2.16. The second kappa shape index (κ2) is 9.28. The van der Waals surface area contributed by atoms with E-state index in [-0.39, 0.29) is 29.5 Å². The zero-order valence-electron chi connectivity index (χ0n) is 19.2. The second-order valence-electron chi connectivity index (χ2n) is 8.40. The standard InChI is InChI=1S/C26H21N5O4S/c1-3-15-4-5-16(36-15)13-27-24(32)21-12-22(31-23(29-21)10-11-28-31)25(33)30-20-9-8-17-14(2)18(26(34)35)6-7-19(17)20/h1,4-7,10-12,20H,8-9,13H2,2H3,(H,27,32)(H,30,33)(H,34,35)/t20-/m0/s1. The number of aromatic carboxylic acids is 1. The molecular weight excluding hydrogens is 478 g/mol. The smallest absolute Gasteiger partial charge is 0.335 e. The van der Waals surface area contributed by atoms with Crippen LogP contribution < -0.4 is 10.6 Å². The van der Waals surface area contributed by atoms with Crippen LogP contribution in [0.15, 0.2) is 42.6 Å². The second-order valence-corrected chi connectivity index (χ2v) is 9.56. The van der Waals surface area contributed by atoms with Crippen LogP contribution in [0.2, 0.25) is 0 Å². The van der Waals surface area contributed by atoms with E-state index >= 15 is 0 Å². The topological polar surface area (TPSA) is 126 Å². The van der Waals surface area contributed by atoms with Gasteiger partial charge in [0, 0.05) is 17.0 Å². The van der Waals surface area contributed by atoms with Gasteiger partial charge in [0.1, 0.15) is 11.4 Å². The molecule has 1 aromatic carbocycles.